The largest absolute Gasteiger partial charge is 0.491 e. The molecule has 4 heteroatoms. The zero-order valence-corrected chi connectivity index (χ0v) is 4.16. The second-order valence-corrected chi connectivity index (χ2v) is 1.48. The second kappa shape index (κ2) is 1.81. The van der Waals surface area contributed by atoms with E-state index in [0.29, 0.717) is 18.8 Å². The highest BCUT2D eigenvalue weighted by molar-refractivity contribution is 4.93. The average Bonchev–Trinajstić information content (AvgIpc) is 1.55. The average molecular weight is 115 g/mol. The van der Waals surface area contributed by atoms with E-state index in [4.69, 9.17) is 0 Å². The molecule has 0 spiro atoms. The maximum absolute atomic E-state index is 9.65. The Morgan fingerprint density at radius 1 is 1.88 bits per heavy atom. The Labute approximate surface area is 45.9 Å². The quantitative estimate of drug-likeness (QED) is 0.370. The van der Waals surface area contributed by atoms with Crippen molar-refractivity contribution in [2.45, 2.75) is 6.42 Å². The van der Waals surface area contributed by atoms with Crippen LogP contribution in [0.3, 0.4) is 0 Å². The van der Waals surface area contributed by atoms with Gasteiger partial charge in [-0.25, -0.2) is 0 Å². The van der Waals surface area contributed by atoms with Crippen molar-refractivity contribution in [2.75, 3.05) is 6.61 Å². The first-order valence-corrected chi connectivity index (χ1v) is 2.26. The van der Waals surface area contributed by atoms with Crippen LogP contribution in [0.4, 0.5) is 0 Å². The molecule has 1 fully saturated rings. The molecule has 0 N–H and O–H groups in total. The van der Waals surface area contributed by atoms with Crippen LogP contribution in [-0.4, -0.2) is 11.5 Å². The summed E-state index contributed by atoms with van der Waals surface area (Å²) in [5.41, 5.74) is 0. The lowest BCUT2D eigenvalue weighted by molar-refractivity contribution is -0.406. The Morgan fingerprint density at radius 2 is 2.50 bits per heavy atom. The first kappa shape index (κ1) is 5.08. The van der Waals surface area contributed by atoms with E-state index in [1.165, 1.54) is 0 Å². The standard InChI is InChI=1S/C4H5NO3/c6-5(7)3-4-1-2-8-4/h3H,1-2H2. The van der Waals surface area contributed by atoms with E-state index in [0.717, 1.165) is 6.20 Å². The van der Waals surface area contributed by atoms with Gasteiger partial charge in [0.1, 0.15) is 0 Å². The van der Waals surface area contributed by atoms with Crippen LogP contribution < -0.4 is 0 Å². The molecule has 4 nitrogen and oxygen atoms in total. The maximum atomic E-state index is 9.65. The van der Waals surface area contributed by atoms with Crippen molar-refractivity contribution in [1.29, 1.82) is 0 Å². The molecular formula is C4H5NO3. The van der Waals surface area contributed by atoms with Gasteiger partial charge in [-0.15, -0.1) is 0 Å². The molecule has 0 saturated carbocycles. The molecule has 0 aromatic heterocycles. The van der Waals surface area contributed by atoms with Gasteiger partial charge >= 0.3 is 0 Å². The van der Waals surface area contributed by atoms with Gasteiger partial charge in [-0.1, -0.05) is 0 Å². The van der Waals surface area contributed by atoms with Crippen LogP contribution in [0.1, 0.15) is 6.42 Å². The fourth-order valence-corrected chi connectivity index (χ4v) is 0.439. The highest BCUT2D eigenvalue weighted by Crippen LogP contribution is 2.14. The molecule has 0 bridgehead atoms. The third-order valence-electron chi connectivity index (χ3n) is 0.885. The predicted octanol–water partition coefficient (Wildman–Crippen LogP) is 0.525. The Kier molecular flexibility index (Phi) is 1.15. The minimum Gasteiger partial charge on any atom is -0.491 e. The van der Waals surface area contributed by atoms with Gasteiger partial charge in [-0.3, -0.25) is 10.1 Å². The molecule has 0 aromatic rings. The van der Waals surface area contributed by atoms with Crippen LogP contribution in [0.5, 0.6) is 0 Å². The number of nitro groups is 1. The van der Waals surface area contributed by atoms with E-state index in [1.54, 1.807) is 0 Å². The molecule has 0 atom stereocenters. The molecule has 44 valence electrons. The first-order valence-electron chi connectivity index (χ1n) is 2.26. The zero-order chi connectivity index (χ0) is 5.98. The molecule has 1 saturated heterocycles. The van der Waals surface area contributed by atoms with E-state index < -0.39 is 4.92 Å². The van der Waals surface area contributed by atoms with E-state index in [9.17, 15) is 10.1 Å². The van der Waals surface area contributed by atoms with Gasteiger partial charge in [0.25, 0.3) is 6.20 Å². The van der Waals surface area contributed by atoms with E-state index in [2.05, 4.69) is 4.74 Å². The van der Waals surface area contributed by atoms with Gasteiger partial charge in [-0.05, 0) is 0 Å². The Hall–Kier alpha value is -1.06. The van der Waals surface area contributed by atoms with Crippen LogP contribution in [0.25, 0.3) is 0 Å². The summed E-state index contributed by atoms with van der Waals surface area (Å²) in [6.45, 7) is 0.625. The minimum atomic E-state index is -0.505. The van der Waals surface area contributed by atoms with Crippen molar-refractivity contribution in [3.05, 3.63) is 22.1 Å². The minimum absolute atomic E-state index is 0.481. The topological polar surface area (TPSA) is 52.4 Å². The van der Waals surface area contributed by atoms with Crippen molar-refractivity contribution >= 4 is 0 Å². The lowest BCUT2D eigenvalue weighted by Crippen LogP contribution is -2.09. The molecule has 1 rings (SSSR count). The Balaban J connectivity index is 2.42. The summed E-state index contributed by atoms with van der Waals surface area (Å²) >= 11 is 0. The predicted molar refractivity (Wildman–Crippen MR) is 25.6 cm³/mol. The Bertz CT molecular complexity index is 134. The summed E-state index contributed by atoms with van der Waals surface area (Å²) < 4.78 is 4.66. The van der Waals surface area contributed by atoms with Crippen LogP contribution in [0.2, 0.25) is 0 Å². The lowest BCUT2D eigenvalue weighted by atomic mass is 10.3. The summed E-state index contributed by atoms with van der Waals surface area (Å²) in [5.74, 6) is 0.481. The van der Waals surface area contributed by atoms with Crippen molar-refractivity contribution in [1.82, 2.24) is 0 Å². The number of hydrogen-bond donors (Lipinski definition) is 0. The second-order valence-electron chi connectivity index (χ2n) is 1.48. The smallest absolute Gasteiger partial charge is 0.271 e. The monoisotopic (exact) mass is 115 g/mol. The number of rotatable bonds is 1. The Morgan fingerprint density at radius 3 is 2.62 bits per heavy atom. The van der Waals surface area contributed by atoms with Gasteiger partial charge < -0.3 is 4.74 Å². The molecule has 0 aliphatic carbocycles. The molecular weight excluding hydrogens is 110 g/mol. The van der Waals surface area contributed by atoms with E-state index >= 15 is 0 Å². The zero-order valence-electron chi connectivity index (χ0n) is 4.16. The third kappa shape index (κ3) is 0.959. The normalized spacial score (nSPS) is 21.8. The van der Waals surface area contributed by atoms with Crippen LogP contribution in [-0.2, 0) is 4.74 Å². The number of nitrogens with zero attached hydrogens (tertiary/aromatic N) is 1. The van der Waals surface area contributed by atoms with E-state index in [-0.39, 0.29) is 0 Å². The van der Waals surface area contributed by atoms with Gasteiger partial charge in [0, 0.05) is 6.42 Å². The highest BCUT2D eigenvalue weighted by atomic mass is 16.6. The van der Waals surface area contributed by atoms with E-state index in [1.807, 2.05) is 0 Å². The summed E-state index contributed by atoms with van der Waals surface area (Å²) in [4.78, 5) is 9.15. The van der Waals surface area contributed by atoms with Crippen LogP contribution >= 0.6 is 0 Å². The fourth-order valence-electron chi connectivity index (χ4n) is 0.439. The molecule has 1 heterocycles. The summed E-state index contributed by atoms with van der Waals surface area (Å²) in [6, 6.07) is 0. The molecule has 0 amide bonds. The van der Waals surface area contributed by atoms with Crippen LogP contribution in [0.15, 0.2) is 12.0 Å². The molecule has 0 unspecified atom stereocenters. The maximum Gasteiger partial charge on any atom is 0.271 e. The molecule has 8 heavy (non-hydrogen) atoms. The summed E-state index contributed by atoms with van der Waals surface area (Å²) in [6.07, 6.45) is 1.60. The van der Waals surface area contributed by atoms with Gasteiger partial charge in [0.05, 0.1) is 11.5 Å². The van der Waals surface area contributed by atoms with Gasteiger partial charge in [0.15, 0.2) is 5.76 Å². The lowest BCUT2D eigenvalue weighted by Gasteiger charge is -2.14. The van der Waals surface area contributed by atoms with Crippen molar-refractivity contribution in [2.24, 2.45) is 0 Å². The fraction of sp³-hybridized carbons (Fsp3) is 0.500. The van der Waals surface area contributed by atoms with Gasteiger partial charge in [0.2, 0.25) is 0 Å². The highest BCUT2D eigenvalue weighted by Gasteiger charge is 2.12. The van der Waals surface area contributed by atoms with Gasteiger partial charge in [-0.2, -0.15) is 0 Å². The SMILES string of the molecule is O=[N+]([O-])C=C1CCO1. The van der Waals surface area contributed by atoms with Crippen molar-refractivity contribution in [3.63, 3.8) is 0 Å². The van der Waals surface area contributed by atoms with Crippen molar-refractivity contribution < 1.29 is 9.66 Å². The third-order valence-corrected chi connectivity index (χ3v) is 0.885. The number of ether oxygens (including phenoxy) is 1. The summed E-state index contributed by atoms with van der Waals surface area (Å²) in [5, 5.41) is 9.65. The van der Waals surface area contributed by atoms with Crippen molar-refractivity contribution in [3.8, 4) is 0 Å². The number of hydrogen-bond acceptors (Lipinski definition) is 3. The molecule has 0 aromatic carbocycles. The summed E-state index contributed by atoms with van der Waals surface area (Å²) in [7, 11) is 0. The first-order chi connectivity index (χ1) is 3.79. The molecule has 1 aliphatic heterocycles. The van der Waals surface area contributed by atoms with Crippen LogP contribution in [0, 0.1) is 10.1 Å². The molecule has 1 aliphatic rings. The molecule has 0 radical (unpaired) electrons.